The number of rotatable bonds is 2. The van der Waals surface area contributed by atoms with Crippen LogP contribution in [0.15, 0.2) is 0 Å². The summed E-state index contributed by atoms with van der Waals surface area (Å²) in [5.74, 6) is -1.79. The van der Waals surface area contributed by atoms with Gasteiger partial charge in [-0.2, -0.15) is 0 Å². The zero-order valence-corrected chi connectivity index (χ0v) is 8.57. The molecule has 0 radical (unpaired) electrons. The lowest BCUT2D eigenvalue weighted by molar-refractivity contribution is 0.0588. The number of carbonyl (C=O) groups excluding carboxylic acids is 1. The predicted octanol–water partition coefficient (Wildman–Crippen LogP) is 0.578. The van der Waals surface area contributed by atoms with Gasteiger partial charge in [0.15, 0.2) is 11.4 Å². The molecule has 0 atom stereocenters. The Balaban J connectivity index is 3.31. The monoisotopic (exact) mass is 210 g/mol. The SMILES string of the molecule is COC(=O)c1nc(C)c(C(=O)O)nc1C. The van der Waals surface area contributed by atoms with E-state index < -0.39 is 11.9 Å². The van der Waals surface area contributed by atoms with E-state index in [1.54, 1.807) is 0 Å². The minimum Gasteiger partial charge on any atom is -0.476 e. The fourth-order valence-corrected chi connectivity index (χ4v) is 1.10. The Kier molecular flexibility index (Phi) is 2.99. The summed E-state index contributed by atoms with van der Waals surface area (Å²) in [5, 5.41) is 8.76. The molecule has 1 aromatic rings. The Morgan fingerprint density at radius 2 is 1.60 bits per heavy atom. The highest BCUT2D eigenvalue weighted by Gasteiger charge is 2.18. The molecule has 0 aliphatic heterocycles. The molecule has 1 aromatic heterocycles. The van der Waals surface area contributed by atoms with Crippen molar-refractivity contribution in [3.63, 3.8) is 0 Å². The Hall–Kier alpha value is -1.98. The third-order valence-corrected chi connectivity index (χ3v) is 1.83. The second kappa shape index (κ2) is 4.04. The van der Waals surface area contributed by atoms with Crippen LogP contribution in [0.1, 0.15) is 32.4 Å². The first kappa shape index (κ1) is 11.1. The van der Waals surface area contributed by atoms with E-state index in [1.807, 2.05) is 0 Å². The van der Waals surface area contributed by atoms with Gasteiger partial charge in [-0.3, -0.25) is 0 Å². The van der Waals surface area contributed by atoms with E-state index >= 15 is 0 Å². The second-order valence-corrected chi connectivity index (χ2v) is 2.89. The predicted molar refractivity (Wildman–Crippen MR) is 49.8 cm³/mol. The highest BCUT2D eigenvalue weighted by atomic mass is 16.5. The summed E-state index contributed by atoms with van der Waals surface area (Å²) in [5.41, 5.74) is 0.318. The Bertz CT molecular complexity index is 428. The third kappa shape index (κ3) is 2.09. The van der Waals surface area contributed by atoms with Gasteiger partial charge in [-0.05, 0) is 13.8 Å². The maximum absolute atomic E-state index is 11.2. The van der Waals surface area contributed by atoms with Crippen LogP contribution < -0.4 is 0 Å². The van der Waals surface area contributed by atoms with Crippen LogP contribution in [0.3, 0.4) is 0 Å². The van der Waals surface area contributed by atoms with Crippen LogP contribution in [0.2, 0.25) is 0 Å². The van der Waals surface area contributed by atoms with Crippen molar-refractivity contribution in [3.05, 3.63) is 22.8 Å². The molecular formula is C9H10N2O4. The molecule has 0 amide bonds. The number of esters is 1. The van der Waals surface area contributed by atoms with Crippen molar-refractivity contribution in [2.24, 2.45) is 0 Å². The van der Waals surface area contributed by atoms with Crippen LogP contribution in [0.5, 0.6) is 0 Å². The largest absolute Gasteiger partial charge is 0.476 e. The first-order valence-corrected chi connectivity index (χ1v) is 4.14. The van der Waals surface area contributed by atoms with Crippen molar-refractivity contribution < 1.29 is 19.4 Å². The van der Waals surface area contributed by atoms with Gasteiger partial charge in [0, 0.05) is 0 Å². The average molecular weight is 210 g/mol. The highest BCUT2D eigenvalue weighted by molar-refractivity contribution is 5.90. The number of hydrogen-bond donors (Lipinski definition) is 1. The van der Waals surface area contributed by atoms with Crippen molar-refractivity contribution in [1.82, 2.24) is 9.97 Å². The number of nitrogens with zero attached hydrogens (tertiary/aromatic N) is 2. The topological polar surface area (TPSA) is 89.4 Å². The van der Waals surface area contributed by atoms with Gasteiger partial charge in [0.05, 0.1) is 18.5 Å². The van der Waals surface area contributed by atoms with Gasteiger partial charge in [0.25, 0.3) is 0 Å². The van der Waals surface area contributed by atoms with Crippen LogP contribution in [0.4, 0.5) is 0 Å². The Morgan fingerprint density at radius 3 is 2.07 bits per heavy atom. The number of aromatic nitrogens is 2. The quantitative estimate of drug-likeness (QED) is 0.718. The second-order valence-electron chi connectivity index (χ2n) is 2.89. The van der Waals surface area contributed by atoms with Gasteiger partial charge in [-0.15, -0.1) is 0 Å². The molecular weight excluding hydrogens is 200 g/mol. The maximum atomic E-state index is 11.2. The summed E-state index contributed by atoms with van der Waals surface area (Å²) in [6.07, 6.45) is 0. The van der Waals surface area contributed by atoms with E-state index in [4.69, 9.17) is 5.11 Å². The number of carbonyl (C=O) groups is 2. The van der Waals surface area contributed by atoms with E-state index in [2.05, 4.69) is 14.7 Å². The zero-order chi connectivity index (χ0) is 11.6. The molecule has 6 nitrogen and oxygen atoms in total. The Labute approximate surface area is 85.9 Å². The smallest absolute Gasteiger partial charge is 0.358 e. The zero-order valence-electron chi connectivity index (χ0n) is 8.57. The van der Waals surface area contributed by atoms with E-state index in [0.29, 0.717) is 0 Å². The number of aryl methyl sites for hydroxylation is 2. The summed E-state index contributed by atoms with van der Waals surface area (Å²) in [7, 11) is 1.23. The molecule has 0 saturated carbocycles. The molecule has 15 heavy (non-hydrogen) atoms. The summed E-state index contributed by atoms with van der Waals surface area (Å²) in [6.45, 7) is 2.98. The van der Waals surface area contributed by atoms with Crippen LogP contribution in [-0.4, -0.2) is 34.1 Å². The lowest BCUT2D eigenvalue weighted by Crippen LogP contribution is -2.14. The van der Waals surface area contributed by atoms with Crippen molar-refractivity contribution >= 4 is 11.9 Å². The minimum absolute atomic E-state index is 0.0417. The van der Waals surface area contributed by atoms with E-state index in [9.17, 15) is 9.59 Å². The summed E-state index contributed by atoms with van der Waals surface area (Å²) >= 11 is 0. The number of aromatic carboxylic acids is 1. The molecule has 0 unspecified atom stereocenters. The van der Waals surface area contributed by atoms with E-state index in [-0.39, 0.29) is 22.8 Å². The molecule has 0 bridgehead atoms. The van der Waals surface area contributed by atoms with E-state index in [1.165, 1.54) is 21.0 Å². The first-order chi connectivity index (χ1) is 6.97. The van der Waals surface area contributed by atoms with Crippen molar-refractivity contribution in [3.8, 4) is 0 Å². The summed E-state index contributed by atoms with van der Waals surface area (Å²) < 4.78 is 4.48. The molecule has 0 aliphatic rings. The number of hydrogen-bond acceptors (Lipinski definition) is 5. The molecule has 1 N–H and O–H groups in total. The van der Waals surface area contributed by atoms with Gasteiger partial charge in [-0.1, -0.05) is 0 Å². The molecule has 1 rings (SSSR count). The van der Waals surface area contributed by atoms with Crippen LogP contribution >= 0.6 is 0 Å². The molecule has 1 heterocycles. The standard InChI is InChI=1S/C9H10N2O4/c1-4-6(8(12)13)10-5(2)7(11-4)9(14)15-3/h1-3H3,(H,12,13). The minimum atomic E-state index is -1.17. The van der Waals surface area contributed by atoms with Crippen molar-refractivity contribution in [2.75, 3.05) is 7.11 Å². The third-order valence-electron chi connectivity index (χ3n) is 1.83. The lowest BCUT2D eigenvalue weighted by atomic mass is 10.2. The van der Waals surface area contributed by atoms with Gasteiger partial charge in [0.1, 0.15) is 0 Å². The first-order valence-electron chi connectivity index (χ1n) is 4.14. The summed E-state index contributed by atoms with van der Waals surface area (Å²) in [4.78, 5) is 29.5. The molecule has 0 spiro atoms. The normalized spacial score (nSPS) is 9.80. The number of ether oxygens (including phenoxy) is 1. The van der Waals surface area contributed by atoms with Gasteiger partial charge >= 0.3 is 11.9 Å². The number of methoxy groups -OCH3 is 1. The molecule has 80 valence electrons. The lowest BCUT2D eigenvalue weighted by Gasteiger charge is -2.05. The average Bonchev–Trinajstić information content (AvgIpc) is 2.19. The number of carboxylic acid groups (broad SMARTS) is 1. The number of carboxylic acids is 1. The van der Waals surface area contributed by atoms with Crippen molar-refractivity contribution in [2.45, 2.75) is 13.8 Å². The fraction of sp³-hybridized carbons (Fsp3) is 0.333. The molecule has 6 heteroatoms. The molecule has 0 saturated heterocycles. The van der Waals surface area contributed by atoms with Crippen LogP contribution in [0.25, 0.3) is 0 Å². The molecule has 0 aromatic carbocycles. The fourth-order valence-electron chi connectivity index (χ4n) is 1.10. The van der Waals surface area contributed by atoms with Gasteiger partial charge in [0.2, 0.25) is 0 Å². The highest BCUT2D eigenvalue weighted by Crippen LogP contribution is 2.08. The Morgan fingerprint density at radius 1 is 1.13 bits per heavy atom. The van der Waals surface area contributed by atoms with Gasteiger partial charge in [-0.25, -0.2) is 19.6 Å². The molecule has 0 aliphatic carbocycles. The maximum Gasteiger partial charge on any atom is 0.358 e. The van der Waals surface area contributed by atoms with Crippen LogP contribution in [0, 0.1) is 13.8 Å². The molecule has 0 fully saturated rings. The van der Waals surface area contributed by atoms with Gasteiger partial charge < -0.3 is 9.84 Å². The van der Waals surface area contributed by atoms with Crippen molar-refractivity contribution in [1.29, 1.82) is 0 Å². The van der Waals surface area contributed by atoms with Crippen LogP contribution in [-0.2, 0) is 4.74 Å². The van der Waals surface area contributed by atoms with E-state index in [0.717, 1.165) is 0 Å². The summed E-state index contributed by atoms with van der Waals surface area (Å²) in [6, 6.07) is 0.